The molecule has 0 aliphatic heterocycles. The van der Waals surface area contributed by atoms with E-state index >= 15 is 0 Å². The van der Waals surface area contributed by atoms with Crippen molar-refractivity contribution in [1.29, 1.82) is 5.26 Å². The van der Waals surface area contributed by atoms with E-state index in [0.29, 0.717) is 5.56 Å². The van der Waals surface area contributed by atoms with Crippen LogP contribution in [0, 0.1) is 16.7 Å². The van der Waals surface area contributed by atoms with Crippen molar-refractivity contribution in [3.63, 3.8) is 0 Å². The van der Waals surface area contributed by atoms with Gasteiger partial charge in [-0.3, -0.25) is 0 Å². The van der Waals surface area contributed by atoms with Crippen LogP contribution in [-0.2, 0) is 0 Å². The summed E-state index contributed by atoms with van der Waals surface area (Å²) in [4.78, 5) is 0. The maximum atomic E-state index is 9.33. The van der Waals surface area contributed by atoms with E-state index in [4.69, 9.17) is 0 Å². The summed E-state index contributed by atoms with van der Waals surface area (Å²) in [5, 5.41) is 9.33. The van der Waals surface area contributed by atoms with Gasteiger partial charge in [-0.2, -0.15) is 5.26 Å². The third kappa shape index (κ3) is 3.90. The van der Waals surface area contributed by atoms with Gasteiger partial charge in [-0.05, 0) is 50.9 Å². The van der Waals surface area contributed by atoms with Gasteiger partial charge in [0.15, 0.2) is 0 Å². The van der Waals surface area contributed by atoms with Crippen LogP contribution in [-0.4, -0.2) is 0 Å². The highest BCUT2D eigenvalue weighted by molar-refractivity contribution is 5.84. The first-order chi connectivity index (χ1) is 16.1. The molecule has 0 aromatic heterocycles. The minimum atomic E-state index is -0.0893. The molecule has 0 spiro atoms. The highest BCUT2D eigenvalue weighted by atomic mass is 14.4. The molecule has 160 valence electrons. The fourth-order valence-electron chi connectivity index (χ4n) is 5.42. The lowest BCUT2D eigenvalue weighted by atomic mass is 9.60. The van der Waals surface area contributed by atoms with Gasteiger partial charge in [0.25, 0.3) is 0 Å². The van der Waals surface area contributed by atoms with Crippen LogP contribution >= 0.6 is 0 Å². The van der Waals surface area contributed by atoms with Gasteiger partial charge in [-0.25, -0.2) is 0 Å². The van der Waals surface area contributed by atoms with Gasteiger partial charge in [0, 0.05) is 11.8 Å². The van der Waals surface area contributed by atoms with Gasteiger partial charge < -0.3 is 0 Å². The van der Waals surface area contributed by atoms with Crippen LogP contribution in [0.1, 0.15) is 59.1 Å². The molecule has 0 amide bonds. The quantitative estimate of drug-likeness (QED) is 0.325. The molecule has 0 saturated heterocycles. The average molecular weight is 426 g/mol. The topological polar surface area (TPSA) is 23.8 Å². The largest absolute Gasteiger partial charge is 0.192 e. The second-order valence-electron chi connectivity index (χ2n) is 9.43. The van der Waals surface area contributed by atoms with Crippen molar-refractivity contribution >= 4 is 5.57 Å². The molecular formula is C32H27N. The molecule has 1 aliphatic rings. The fourth-order valence-corrected chi connectivity index (χ4v) is 5.42. The number of benzene rings is 4. The lowest BCUT2D eigenvalue weighted by Crippen LogP contribution is -2.31. The number of hydrogen-bond acceptors (Lipinski definition) is 1. The van der Waals surface area contributed by atoms with Crippen molar-refractivity contribution in [2.24, 2.45) is 5.41 Å². The SMILES string of the molecule is CC1(C)C=C(c2ccccc2)c2ccccc2[C@@H]1[C@@H](c1ccccc1)c1ccc(C#N)cc1. The normalized spacial score (nSPS) is 17.4. The first-order valence-electron chi connectivity index (χ1n) is 11.5. The summed E-state index contributed by atoms with van der Waals surface area (Å²) in [5.74, 6) is 0.417. The van der Waals surface area contributed by atoms with Crippen LogP contribution in [0.4, 0.5) is 0 Å². The zero-order chi connectivity index (χ0) is 22.8. The first-order valence-corrected chi connectivity index (χ1v) is 11.5. The molecule has 1 aliphatic carbocycles. The Bertz CT molecular complexity index is 1320. The Kier molecular flexibility index (Phi) is 5.45. The lowest BCUT2D eigenvalue weighted by Gasteiger charge is -2.43. The van der Waals surface area contributed by atoms with E-state index in [1.54, 1.807) is 0 Å². The summed E-state index contributed by atoms with van der Waals surface area (Å²) < 4.78 is 0. The monoisotopic (exact) mass is 425 g/mol. The van der Waals surface area contributed by atoms with Crippen molar-refractivity contribution in [3.05, 3.63) is 149 Å². The number of nitrogens with zero attached hydrogens (tertiary/aromatic N) is 1. The lowest BCUT2D eigenvalue weighted by molar-refractivity contribution is 0.338. The van der Waals surface area contributed by atoms with E-state index in [2.05, 4.69) is 123 Å². The summed E-state index contributed by atoms with van der Waals surface area (Å²) in [5.41, 5.74) is 8.39. The minimum Gasteiger partial charge on any atom is -0.192 e. The first kappa shape index (κ1) is 21.0. The molecule has 0 saturated carbocycles. The molecular weight excluding hydrogens is 398 g/mol. The maximum Gasteiger partial charge on any atom is 0.0991 e. The van der Waals surface area contributed by atoms with Crippen LogP contribution in [0.3, 0.4) is 0 Å². The number of fused-ring (bicyclic) bond motifs is 1. The Morgan fingerprint density at radius 3 is 1.94 bits per heavy atom. The molecule has 4 aromatic carbocycles. The van der Waals surface area contributed by atoms with Crippen LogP contribution in [0.25, 0.3) is 5.57 Å². The molecule has 1 nitrogen and oxygen atoms in total. The van der Waals surface area contributed by atoms with Crippen LogP contribution in [0.2, 0.25) is 0 Å². The Morgan fingerprint density at radius 1 is 0.697 bits per heavy atom. The summed E-state index contributed by atoms with van der Waals surface area (Å²) in [6, 6.07) is 40.8. The van der Waals surface area contributed by atoms with Crippen molar-refractivity contribution in [2.75, 3.05) is 0 Å². The standard InChI is InChI=1S/C32H27N/c1-32(2)21-29(24-11-5-3-6-12-24)27-15-9-10-16-28(27)31(32)30(25-13-7-4-8-14-25)26-19-17-23(22-33)18-20-26/h3-21,30-31H,1-2H3/t30-,31+/m0/s1. The molecule has 5 rings (SSSR count). The Labute approximate surface area is 196 Å². The highest BCUT2D eigenvalue weighted by Gasteiger charge is 2.41. The molecule has 0 radical (unpaired) electrons. The summed E-state index contributed by atoms with van der Waals surface area (Å²) >= 11 is 0. The summed E-state index contributed by atoms with van der Waals surface area (Å²) in [7, 11) is 0. The highest BCUT2D eigenvalue weighted by Crippen LogP contribution is 2.55. The van der Waals surface area contributed by atoms with Crippen LogP contribution in [0.5, 0.6) is 0 Å². The van der Waals surface area contributed by atoms with Crippen molar-refractivity contribution in [2.45, 2.75) is 25.7 Å². The van der Waals surface area contributed by atoms with E-state index in [9.17, 15) is 5.26 Å². The average Bonchev–Trinajstić information content (AvgIpc) is 2.87. The second-order valence-corrected chi connectivity index (χ2v) is 9.43. The Morgan fingerprint density at radius 2 is 1.27 bits per heavy atom. The molecule has 0 fully saturated rings. The van der Waals surface area contributed by atoms with Gasteiger partial charge >= 0.3 is 0 Å². The van der Waals surface area contributed by atoms with Crippen LogP contribution in [0.15, 0.2) is 115 Å². The Balaban J connectivity index is 1.73. The van der Waals surface area contributed by atoms with Gasteiger partial charge in [0.1, 0.15) is 0 Å². The summed E-state index contributed by atoms with van der Waals surface area (Å²) in [6.07, 6.45) is 2.47. The molecule has 0 bridgehead atoms. The van der Waals surface area contributed by atoms with Crippen molar-refractivity contribution in [1.82, 2.24) is 0 Å². The predicted octanol–water partition coefficient (Wildman–Crippen LogP) is 7.95. The van der Waals surface area contributed by atoms with E-state index in [-0.39, 0.29) is 17.3 Å². The van der Waals surface area contributed by atoms with Gasteiger partial charge in [-0.1, -0.05) is 117 Å². The van der Waals surface area contributed by atoms with E-state index in [1.165, 1.54) is 33.4 Å². The van der Waals surface area contributed by atoms with E-state index in [0.717, 1.165) is 0 Å². The van der Waals surface area contributed by atoms with Gasteiger partial charge in [0.2, 0.25) is 0 Å². The fraction of sp³-hybridized carbons (Fsp3) is 0.156. The third-order valence-corrected chi connectivity index (χ3v) is 6.88. The smallest absolute Gasteiger partial charge is 0.0991 e. The zero-order valence-corrected chi connectivity index (χ0v) is 19.1. The third-order valence-electron chi connectivity index (χ3n) is 6.88. The molecule has 4 aromatic rings. The number of nitriles is 1. The number of rotatable bonds is 4. The van der Waals surface area contributed by atoms with Crippen molar-refractivity contribution in [3.8, 4) is 6.07 Å². The second kappa shape index (κ2) is 8.57. The molecule has 33 heavy (non-hydrogen) atoms. The number of allylic oxidation sites excluding steroid dienone is 1. The minimum absolute atomic E-state index is 0.0893. The molecule has 2 atom stereocenters. The summed E-state index contributed by atoms with van der Waals surface area (Å²) in [6.45, 7) is 4.71. The van der Waals surface area contributed by atoms with Crippen LogP contribution < -0.4 is 0 Å². The van der Waals surface area contributed by atoms with E-state index < -0.39 is 0 Å². The zero-order valence-electron chi connectivity index (χ0n) is 19.1. The predicted molar refractivity (Wildman–Crippen MR) is 136 cm³/mol. The van der Waals surface area contributed by atoms with Gasteiger partial charge in [0.05, 0.1) is 11.6 Å². The van der Waals surface area contributed by atoms with E-state index in [1.807, 2.05) is 12.1 Å². The molecule has 0 heterocycles. The number of hydrogen-bond donors (Lipinski definition) is 0. The molecule has 0 unspecified atom stereocenters. The Hall–Kier alpha value is -3.89. The molecule has 1 heteroatoms. The van der Waals surface area contributed by atoms with Gasteiger partial charge in [-0.15, -0.1) is 0 Å². The molecule has 0 N–H and O–H groups in total. The maximum absolute atomic E-state index is 9.33. The van der Waals surface area contributed by atoms with Crippen molar-refractivity contribution < 1.29 is 0 Å².